The first-order valence-corrected chi connectivity index (χ1v) is 6.18. The van der Waals surface area contributed by atoms with E-state index < -0.39 is 4.92 Å². The van der Waals surface area contributed by atoms with Crippen LogP contribution < -0.4 is 16.0 Å². The molecule has 0 unspecified atom stereocenters. The lowest BCUT2D eigenvalue weighted by Gasteiger charge is -2.23. The fraction of sp³-hybridized carbons (Fsp3) is 0.417. The molecule has 1 heterocycles. The number of rotatable bonds is 3. The number of nitro groups is 1. The molecule has 1 aliphatic heterocycles. The molecule has 1 saturated heterocycles. The van der Waals surface area contributed by atoms with Crippen LogP contribution in [0.2, 0.25) is 0 Å². The number of piperidine rings is 1. The molecule has 1 aromatic rings. The van der Waals surface area contributed by atoms with Crippen LogP contribution in [-0.4, -0.2) is 30.1 Å². The molecular weight excluding hydrogens is 284 g/mol. The second-order valence-corrected chi connectivity index (χ2v) is 4.43. The zero-order valence-corrected chi connectivity index (χ0v) is 11.6. The van der Waals surface area contributed by atoms with Crippen molar-refractivity contribution in [3.63, 3.8) is 0 Å². The zero-order valence-electron chi connectivity index (χ0n) is 10.8. The van der Waals surface area contributed by atoms with Gasteiger partial charge in [-0.2, -0.15) is 0 Å². The molecule has 0 aliphatic carbocycles. The Balaban J connectivity index is 0.00000200. The third-order valence-electron chi connectivity index (χ3n) is 2.99. The minimum atomic E-state index is -0.490. The number of nitro benzene ring substituents is 1. The molecule has 110 valence electrons. The maximum absolute atomic E-state index is 11.7. The number of hydrogen-bond donors (Lipinski definition) is 3. The molecule has 2 amide bonds. The van der Waals surface area contributed by atoms with E-state index in [0.717, 1.165) is 25.9 Å². The molecule has 0 radical (unpaired) electrons. The molecule has 8 heteroatoms. The van der Waals surface area contributed by atoms with E-state index in [9.17, 15) is 14.9 Å². The molecule has 0 saturated carbocycles. The SMILES string of the molecule is Cl.O=C(Nc1cccc([N+](=O)[O-])c1)NC1CCNCC1. The number of nitrogens with one attached hydrogen (secondary N) is 3. The predicted octanol–water partition coefficient (Wildman–Crippen LogP) is 1.89. The first-order chi connectivity index (χ1) is 9.15. The Morgan fingerprint density at radius 2 is 2.05 bits per heavy atom. The van der Waals surface area contributed by atoms with Crippen LogP contribution in [0.3, 0.4) is 0 Å². The maximum atomic E-state index is 11.7. The van der Waals surface area contributed by atoms with Gasteiger partial charge in [0.1, 0.15) is 0 Å². The summed E-state index contributed by atoms with van der Waals surface area (Å²) in [4.78, 5) is 21.9. The summed E-state index contributed by atoms with van der Waals surface area (Å²) in [6, 6.07) is 5.71. The van der Waals surface area contributed by atoms with Gasteiger partial charge in [0.15, 0.2) is 0 Å². The third-order valence-corrected chi connectivity index (χ3v) is 2.99. The first kappa shape index (κ1) is 16.2. The largest absolute Gasteiger partial charge is 0.335 e. The molecule has 0 bridgehead atoms. The van der Waals surface area contributed by atoms with E-state index in [2.05, 4.69) is 16.0 Å². The van der Waals surface area contributed by atoms with E-state index in [4.69, 9.17) is 0 Å². The number of carbonyl (C=O) groups excluding carboxylic acids is 1. The molecule has 0 spiro atoms. The van der Waals surface area contributed by atoms with Crippen molar-refractivity contribution >= 4 is 29.8 Å². The Morgan fingerprint density at radius 1 is 1.35 bits per heavy atom. The predicted molar refractivity (Wildman–Crippen MR) is 78.4 cm³/mol. The van der Waals surface area contributed by atoms with Crippen LogP contribution in [0.1, 0.15) is 12.8 Å². The van der Waals surface area contributed by atoms with Gasteiger partial charge in [-0.25, -0.2) is 4.79 Å². The van der Waals surface area contributed by atoms with E-state index in [-0.39, 0.29) is 30.2 Å². The number of non-ortho nitro benzene ring substituents is 1. The summed E-state index contributed by atoms with van der Waals surface area (Å²) in [5, 5.41) is 19.3. The van der Waals surface area contributed by atoms with Gasteiger partial charge in [0.2, 0.25) is 0 Å². The normalized spacial score (nSPS) is 15.0. The monoisotopic (exact) mass is 300 g/mol. The maximum Gasteiger partial charge on any atom is 0.319 e. The van der Waals surface area contributed by atoms with Crippen molar-refractivity contribution < 1.29 is 9.72 Å². The Labute approximate surface area is 122 Å². The molecule has 1 aromatic carbocycles. The molecule has 1 aliphatic rings. The van der Waals surface area contributed by atoms with E-state index in [1.165, 1.54) is 18.2 Å². The van der Waals surface area contributed by atoms with E-state index >= 15 is 0 Å². The van der Waals surface area contributed by atoms with Crippen molar-refractivity contribution in [2.75, 3.05) is 18.4 Å². The molecular formula is C12H17ClN4O3. The lowest BCUT2D eigenvalue weighted by Crippen LogP contribution is -2.44. The van der Waals surface area contributed by atoms with Gasteiger partial charge in [-0.1, -0.05) is 6.07 Å². The lowest BCUT2D eigenvalue weighted by molar-refractivity contribution is -0.384. The van der Waals surface area contributed by atoms with Gasteiger partial charge in [0.25, 0.3) is 5.69 Å². The fourth-order valence-electron chi connectivity index (χ4n) is 2.02. The number of carbonyl (C=O) groups is 1. The third kappa shape index (κ3) is 4.67. The van der Waals surface area contributed by atoms with Crippen molar-refractivity contribution in [2.24, 2.45) is 0 Å². The van der Waals surface area contributed by atoms with Gasteiger partial charge >= 0.3 is 6.03 Å². The van der Waals surface area contributed by atoms with Gasteiger partial charge in [-0.3, -0.25) is 10.1 Å². The highest BCUT2D eigenvalue weighted by Gasteiger charge is 2.15. The van der Waals surface area contributed by atoms with Gasteiger partial charge in [-0.05, 0) is 32.0 Å². The standard InChI is InChI=1S/C12H16N4O3.ClH/c17-12(14-9-4-6-13-7-5-9)15-10-2-1-3-11(8-10)16(18)19;/h1-3,8-9,13H,4-7H2,(H2,14,15,17);1H. The number of hydrogen-bond acceptors (Lipinski definition) is 4. The summed E-state index contributed by atoms with van der Waals surface area (Å²) in [5.74, 6) is 0. The Bertz CT molecular complexity index is 478. The number of halogens is 1. The summed E-state index contributed by atoms with van der Waals surface area (Å²) < 4.78 is 0. The van der Waals surface area contributed by atoms with Crippen LogP contribution in [-0.2, 0) is 0 Å². The van der Waals surface area contributed by atoms with Crippen LogP contribution in [0.5, 0.6) is 0 Å². The number of anilines is 1. The lowest BCUT2D eigenvalue weighted by atomic mass is 10.1. The summed E-state index contributed by atoms with van der Waals surface area (Å²) in [5.41, 5.74) is 0.375. The molecule has 20 heavy (non-hydrogen) atoms. The quantitative estimate of drug-likeness (QED) is 0.586. The van der Waals surface area contributed by atoms with Gasteiger partial charge in [0.05, 0.1) is 4.92 Å². The van der Waals surface area contributed by atoms with Crippen molar-refractivity contribution in [1.29, 1.82) is 0 Å². The zero-order chi connectivity index (χ0) is 13.7. The first-order valence-electron chi connectivity index (χ1n) is 6.18. The van der Waals surface area contributed by atoms with Crippen molar-refractivity contribution in [3.05, 3.63) is 34.4 Å². The van der Waals surface area contributed by atoms with Crippen LogP contribution >= 0.6 is 12.4 Å². The summed E-state index contributed by atoms with van der Waals surface area (Å²) in [7, 11) is 0. The van der Waals surface area contributed by atoms with Crippen LogP contribution in [0.4, 0.5) is 16.2 Å². The van der Waals surface area contributed by atoms with E-state index in [1.807, 2.05) is 0 Å². The van der Waals surface area contributed by atoms with Crippen molar-refractivity contribution in [2.45, 2.75) is 18.9 Å². The van der Waals surface area contributed by atoms with Crippen molar-refractivity contribution in [3.8, 4) is 0 Å². The molecule has 0 atom stereocenters. The fourth-order valence-corrected chi connectivity index (χ4v) is 2.02. The van der Waals surface area contributed by atoms with E-state index in [0.29, 0.717) is 5.69 Å². The van der Waals surface area contributed by atoms with Crippen LogP contribution in [0.15, 0.2) is 24.3 Å². The minimum Gasteiger partial charge on any atom is -0.335 e. The molecule has 1 fully saturated rings. The topological polar surface area (TPSA) is 96.3 Å². The second kappa shape index (κ2) is 7.66. The highest BCUT2D eigenvalue weighted by atomic mass is 35.5. The number of amides is 2. The Hall–Kier alpha value is -1.86. The number of urea groups is 1. The van der Waals surface area contributed by atoms with Gasteiger partial charge < -0.3 is 16.0 Å². The Kier molecular flexibility index (Phi) is 6.20. The average Bonchev–Trinajstić information content (AvgIpc) is 2.40. The summed E-state index contributed by atoms with van der Waals surface area (Å²) >= 11 is 0. The summed E-state index contributed by atoms with van der Waals surface area (Å²) in [6.07, 6.45) is 1.78. The average molecular weight is 301 g/mol. The van der Waals surface area contributed by atoms with Gasteiger partial charge in [0, 0.05) is 23.9 Å². The van der Waals surface area contributed by atoms with Crippen LogP contribution in [0, 0.1) is 10.1 Å². The number of benzene rings is 1. The van der Waals surface area contributed by atoms with Crippen molar-refractivity contribution in [1.82, 2.24) is 10.6 Å². The Morgan fingerprint density at radius 3 is 2.70 bits per heavy atom. The molecule has 7 nitrogen and oxygen atoms in total. The molecule has 0 aromatic heterocycles. The summed E-state index contributed by atoms with van der Waals surface area (Å²) in [6.45, 7) is 1.78. The van der Waals surface area contributed by atoms with E-state index in [1.54, 1.807) is 6.07 Å². The molecule has 3 N–H and O–H groups in total. The van der Waals surface area contributed by atoms with Crippen LogP contribution in [0.25, 0.3) is 0 Å². The van der Waals surface area contributed by atoms with Gasteiger partial charge in [-0.15, -0.1) is 12.4 Å². The highest BCUT2D eigenvalue weighted by molar-refractivity contribution is 5.89. The second-order valence-electron chi connectivity index (χ2n) is 4.43. The molecule has 2 rings (SSSR count). The smallest absolute Gasteiger partial charge is 0.319 e. The number of nitrogens with zero attached hydrogens (tertiary/aromatic N) is 1. The highest BCUT2D eigenvalue weighted by Crippen LogP contribution is 2.16. The minimum absolute atomic E-state index is 0.